The third-order valence-electron chi connectivity index (χ3n) is 3.17. The Morgan fingerprint density at radius 3 is 2.89 bits per heavy atom. The molecule has 5 heteroatoms. The Morgan fingerprint density at radius 2 is 2.22 bits per heavy atom. The molecule has 0 unspecified atom stereocenters. The molecule has 18 heavy (non-hydrogen) atoms. The lowest BCUT2D eigenvalue weighted by atomic mass is 9.86. The van der Waals surface area contributed by atoms with Crippen molar-refractivity contribution in [3.63, 3.8) is 0 Å². The van der Waals surface area contributed by atoms with Crippen LogP contribution in [-0.2, 0) is 4.79 Å². The Bertz CT molecular complexity index is 448. The first-order valence-corrected chi connectivity index (χ1v) is 6.00. The number of nitrogen functional groups attached to an aromatic ring is 1. The van der Waals surface area contributed by atoms with Crippen molar-refractivity contribution in [1.82, 2.24) is 0 Å². The summed E-state index contributed by atoms with van der Waals surface area (Å²) in [4.78, 5) is 11.9. The average Bonchev–Trinajstić information content (AvgIpc) is 2.27. The number of hydrogen-bond acceptors (Lipinski definition) is 2. The van der Waals surface area contributed by atoms with Gasteiger partial charge in [0.2, 0.25) is 11.8 Å². The van der Waals surface area contributed by atoms with Gasteiger partial charge in [0.1, 0.15) is 0 Å². The maximum Gasteiger partial charge on any atom is 0.248 e. The molecule has 0 bridgehead atoms. The van der Waals surface area contributed by atoms with Gasteiger partial charge < -0.3 is 11.1 Å². The lowest BCUT2D eigenvalue weighted by Crippen LogP contribution is -2.33. The SMILES string of the molecule is Nc1cccc(NC(=O)[C@H]2CCCC(F)(F)C2)c1. The number of hydrogen-bond donors (Lipinski definition) is 2. The van der Waals surface area contributed by atoms with Crippen molar-refractivity contribution in [2.75, 3.05) is 11.1 Å². The molecule has 1 atom stereocenters. The summed E-state index contributed by atoms with van der Waals surface area (Å²) >= 11 is 0. The summed E-state index contributed by atoms with van der Waals surface area (Å²) in [7, 11) is 0. The van der Waals surface area contributed by atoms with E-state index in [1.165, 1.54) is 0 Å². The normalized spacial score (nSPS) is 22.4. The van der Waals surface area contributed by atoms with Crippen molar-refractivity contribution in [3.8, 4) is 0 Å². The van der Waals surface area contributed by atoms with Crippen molar-refractivity contribution < 1.29 is 13.6 Å². The van der Waals surface area contributed by atoms with Crippen LogP contribution in [0.5, 0.6) is 0 Å². The van der Waals surface area contributed by atoms with Crippen molar-refractivity contribution in [2.24, 2.45) is 5.92 Å². The summed E-state index contributed by atoms with van der Waals surface area (Å²) in [5.41, 5.74) is 6.66. The molecule has 1 aromatic carbocycles. The molecule has 1 saturated carbocycles. The molecule has 3 nitrogen and oxygen atoms in total. The van der Waals surface area contributed by atoms with E-state index in [2.05, 4.69) is 5.32 Å². The smallest absolute Gasteiger partial charge is 0.248 e. The van der Waals surface area contributed by atoms with E-state index in [0.717, 1.165) is 0 Å². The van der Waals surface area contributed by atoms with Crippen LogP contribution in [-0.4, -0.2) is 11.8 Å². The van der Waals surface area contributed by atoms with Gasteiger partial charge in [0.05, 0.1) is 0 Å². The second kappa shape index (κ2) is 4.92. The maximum absolute atomic E-state index is 13.2. The van der Waals surface area contributed by atoms with E-state index in [1.807, 2.05) is 0 Å². The van der Waals surface area contributed by atoms with Gasteiger partial charge in [0, 0.05) is 30.1 Å². The quantitative estimate of drug-likeness (QED) is 0.797. The van der Waals surface area contributed by atoms with Crippen LogP contribution in [0.15, 0.2) is 24.3 Å². The molecular formula is C13H16F2N2O. The summed E-state index contributed by atoms with van der Waals surface area (Å²) < 4.78 is 26.4. The molecule has 98 valence electrons. The molecule has 2 rings (SSSR count). The van der Waals surface area contributed by atoms with Crippen molar-refractivity contribution in [3.05, 3.63) is 24.3 Å². The Morgan fingerprint density at radius 1 is 1.44 bits per heavy atom. The number of halogens is 2. The molecule has 0 aliphatic heterocycles. The molecule has 1 amide bonds. The van der Waals surface area contributed by atoms with E-state index < -0.39 is 11.8 Å². The molecule has 1 aromatic rings. The van der Waals surface area contributed by atoms with E-state index in [9.17, 15) is 13.6 Å². The van der Waals surface area contributed by atoms with Gasteiger partial charge in [-0.25, -0.2) is 8.78 Å². The van der Waals surface area contributed by atoms with Crippen molar-refractivity contribution >= 4 is 17.3 Å². The van der Waals surface area contributed by atoms with E-state index in [0.29, 0.717) is 24.2 Å². The Balaban J connectivity index is 2.00. The molecule has 0 radical (unpaired) electrons. The predicted octanol–water partition coefficient (Wildman–Crippen LogP) is 3.03. The number of nitrogens with one attached hydrogen (secondary N) is 1. The predicted molar refractivity (Wildman–Crippen MR) is 66.4 cm³/mol. The van der Waals surface area contributed by atoms with Gasteiger partial charge in [-0.3, -0.25) is 4.79 Å². The minimum atomic E-state index is -2.71. The molecular weight excluding hydrogens is 238 g/mol. The van der Waals surface area contributed by atoms with Crippen LogP contribution >= 0.6 is 0 Å². The van der Waals surface area contributed by atoms with Gasteiger partial charge in [-0.1, -0.05) is 6.07 Å². The minimum absolute atomic E-state index is 0.116. The number of rotatable bonds is 2. The fourth-order valence-corrected chi connectivity index (χ4v) is 2.26. The van der Waals surface area contributed by atoms with Crippen LogP contribution in [0.1, 0.15) is 25.7 Å². The molecule has 1 fully saturated rings. The van der Waals surface area contributed by atoms with E-state index in [-0.39, 0.29) is 18.7 Å². The molecule has 0 spiro atoms. The van der Waals surface area contributed by atoms with Crippen LogP contribution in [0.3, 0.4) is 0 Å². The highest BCUT2D eigenvalue weighted by atomic mass is 19.3. The monoisotopic (exact) mass is 254 g/mol. The molecule has 1 aliphatic rings. The first kappa shape index (κ1) is 12.8. The standard InChI is InChI=1S/C13H16F2N2O/c14-13(15)6-2-3-9(8-13)12(18)17-11-5-1-4-10(16)7-11/h1,4-5,7,9H,2-3,6,8,16H2,(H,17,18)/t9-/m0/s1. The maximum atomic E-state index is 13.2. The van der Waals surface area contributed by atoms with Crippen LogP contribution in [0.2, 0.25) is 0 Å². The highest BCUT2D eigenvalue weighted by Crippen LogP contribution is 2.37. The zero-order valence-corrected chi connectivity index (χ0v) is 9.96. The first-order valence-electron chi connectivity index (χ1n) is 6.00. The molecule has 0 saturated heterocycles. The third-order valence-corrected chi connectivity index (χ3v) is 3.17. The van der Waals surface area contributed by atoms with Gasteiger partial charge in [0.15, 0.2) is 0 Å². The number of carbonyl (C=O) groups is 1. The molecule has 0 aromatic heterocycles. The zero-order valence-electron chi connectivity index (χ0n) is 9.96. The zero-order chi connectivity index (χ0) is 13.2. The first-order chi connectivity index (χ1) is 8.46. The van der Waals surface area contributed by atoms with Crippen LogP contribution in [0.25, 0.3) is 0 Å². The fourth-order valence-electron chi connectivity index (χ4n) is 2.26. The van der Waals surface area contributed by atoms with Crippen LogP contribution < -0.4 is 11.1 Å². The Kier molecular flexibility index (Phi) is 3.50. The highest BCUT2D eigenvalue weighted by molar-refractivity contribution is 5.93. The third kappa shape index (κ3) is 3.18. The summed E-state index contributed by atoms with van der Waals surface area (Å²) in [5.74, 6) is -3.68. The van der Waals surface area contributed by atoms with Gasteiger partial charge in [-0.15, -0.1) is 0 Å². The highest BCUT2D eigenvalue weighted by Gasteiger charge is 2.39. The molecule has 3 N–H and O–H groups in total. The van der Waals surface area contributed by atoms with E-state index in [1.54, 1.807) is 24.3 Å². The number of amides is 1. The average molecular weight is 254 g/mol. The van der Waals surface area contributed by atoms with E-state index in [4.69, 9.17) is 5.73 Å². The lowest BCUT2D eigenvalue weighted by molar-refractivity contribution is -0.127. The Labute approximate surface area is 104 Å². The Hall–Kier alpha value is -1.65. The number of nitrogens with two attached hydrogens (primary N) is 1. The van der Waals surface area contributed by atoms with Crippen molar-refractivity contribution in [1.29, 1.82) is 0 Å². The number of carbonyl (C=O) groups excluding carboxylic acids is 1. The lowest BCUT2D eigenvalue weighted by Gasteiger charge is -2.28. The summed E-state index contributed by atoms with van der Waals surface area (Å²) in [6.45, 7) is 0. The number of anilines is 2. The van der Waals surface area contributed by atoms with Gasteiger partial charge in [-0.2, -0.15) is 0 Å². The minimum Gasteiger partial charge on any atom is -0.399 e. The van der Waals surface area contributed by atoms with Crippen LogP contribution in [0, 0.1) is 5.92 Å². The van der Waals surface area contributed by atoms with Gasteiger partial charge >= 0.3 is 0 Å². The van der Waals surface area contributed by atoms with Gasteiger partial charge in [0.25, 0.3) is 0 Å². The topological polar surface area (TPSA) is 55.1 Å². The van der Waals surface area contributed by atoms with Crippen LogP contribution in [0.4, 0.5) is 20.2 Å². The summed E-state index contributed by atoms with van der Waals surface area (Å²) in [5, 5.41) is 2.64. The molecule has 1 aliphatic carbocycles. The number of benzene rings is 1. The van der Waals surface area contributed by atoms with Gasteiger partial charge in [-0.05, 0) is 31.0 Å². The molecule has 0 heterocycles. The second-order valence-electron chi connectivity index (χ2n) is 4.76. The fraction of sp³-hybridized carbons (Fsp3) is 0.462. The van der Waals surface area contributed by atoms with Crippen molar-refractivity contribution in [2.45, 2.75) is 31.6 Å². The summed E-state index contributed by atoms with van der Waals surface area (Å²) in [6.07, 6.45) is 0.433. The van der Waals surface area contributed by atoms with E-state index >= 15 is 0 Å². The largest absolute Gasteiger partial charge is 0.399 e. The second-order valence-corrected chi connectivity index (χ2v) is 4.76. The summed E-state index contributed by atoms with van der Waals surface area (Å²) in [6, 6.07) is 6.71. The number of alkyl halides is 2.